The molecule has 4 nitrogen and oxygen atoms in total. The molecule has 0 aliphatic carbocycles. The van der Waals surface area contributed by atoms with Crippen molar-refractivity contribution >= 4 is 27.3 Å². The monoisotopic (exact) mass is 266 g/mol. The zero-order valence-corrected chi connectivity index (χ0v) is 10.2. The van der Waals surface area contributed by atoms with Gasteiger partial charge < -0.3 is 5.32 Å². The Morgan fingerprint density at radius 2 is 2.12 bits per heavy atom. The van der Waals surface area contributed by atoms with Crippen LogP contribution < -0.4 is 10.0 Å². The van der Waals surface area contributed by atoms with E-state index in [1.807, 2.05) is 0 Å². The summed E-state index contributed by atoms with van der Waals surface area (Å²) in [6.45, 7) is 0.296. The third-order valence-corrected chi connectivity index (χ3v) is 3.32. The molecular weight excluding hydrogens is 255 g/mol. The van der Waals surface area contributed by atoms with Crippen molar-refractivity contribution in [2.45, 2.75) is 0 Å². The highest BCUT2D eigenvalue weighted by atomic mass is 35.5. The Bertz CT molecular complexity index is 465. The second-order valence-electron chi connectivity index (χ2n) is 3.15. The van der Waals surface area contributed by atoms with Crippen LogP contribution in [0.1, 0.15) is 0 Å². The molecule has 0 heterocycles. The Morgan fingerprint density at radius 3 is 2.69 bits per heavy atom. The largest absolute Gasteiger partial charge is 0.319 e. The molecule has 0 unspecified atom stereocenters. The van der Waals surface area contributed by atoms with E-state index in [1.54, 1.807) is 7.05 Å². The minimum atomic E-state index is -3.53. The van der Waals surface area contributed by atoms with Crippen molar-refractivity contribution in [3.63, 3.8) is 0 Å². The molecule has 7 heteroatoms. The van der Waals surface area contributed by atoms with Crippen molar-refractivity contribution in [2.24, 2.45) is 0 Å². The van der Waals surface area contributed by atoms with Gasteiger partial charge >= 0.3 is 0 Å². The van der Waals surface area contributed by atoms with Crippen LogP contribution in [-0.4, -0.2) is 27.8 Å². The van der Waals surface area contributed by atoms with E-state index in [2.05, 4.69) is 10.0 Å². The summed E-state index contributed by atoms with van der Waals surface area (Å²) in [7, 11) is -1.89. The Balaban J connectivity index is 2.80. The maximum Gasteiger partial charge on any atom is 0.234 e. The van der Waals surface area contributed by atoms with Gasteiger partial charge in [0.05, 0.1) is 11.4 Å². The fraction of sp³-hybridized carbons (Fsp3) is 0.333. The summed E-state index contributed by atoms with van der Waals surface area (Å²) in [4.78, 5) is 0. The zero-order valence-electron chi connectivity index (χ0n) is 8.63. The molecule has 0 saturated carbocycles. The molecule has 0 aromatic heterocycles. The van der Waals surface area contributed by atoms with Gasteiger partial charge in [0.2, 0.25) is 10.0 Å². The van der Waals surface area contributed by atoms with E-state index >= 15 is 0 Å². The molecule has 1 rings (SSSR count). The second-order valence-corrected chi connectivity index (χ2v) is 5.43. The number of rotatable bonds is 5. The summed E-state index contributed by atoms with van der Waals surface area (Å²) in [5.41, 5.74) is -0.0968. The minimum absolute atomic E-state index is 0.0968. The lowest BCUT2D eigenvalue weighted by Gasteiger charge is -2.08. The topological polar surface area (TPSA) is 58.2 Å². The van der Waals surface area contributed by atoms with Gasteiger partial charge in [-0.1, -0.05) is 11.6 Å². The Labute approximate surface area is 98.9 Å². The van der Waals surface area contributed by atoms with Crippen LogP contribution in [0.2, 0.25) is 5.02 Å². The maximum absolute atomic E-state index is 13.3. The number of nitrogens with one attached hydrogen (secondary N) is 2. The van der Waals surface area contributed by atoms with Gasteiger partial charge in [0.1, 0.15) is 5.82 Å². The van der Waals surface area contributed by atoms with Gasteiger partial charge in [0, 0.05) is 11.6 Å². The van der Waals surface area contributed by atoms with Gasteiger partial charge in [-0.25, -0.2) is 12.8 Å². The summed E-state index contributed by atoms with van der Waals surface area (Å²) in [6.07, 6.45) is 0. The van der Waals surface area contributed by atoms with Crippen LogP contribution in [0.5, 0.6) is 0 Å². The molecule has 1 aromatic carbocycles. The fourth-order valence-electron chi connectivity index (χ4n) is 1.03. The fourth-order valence-corrected chi connectivity index (χ4v) is 2.26. The van der Waals surface area contributed by atoms with Crippen LogP contribution in [0.3, 0.4) is 0 Å². The Hall–Kier alpha value is -0.850. The molecule has 2 N–H and O–H groups in total. The van der Waals surface area contributed by atoms with Gasteiger partial charge in [-0.2, -0.15) is 0 Å². The van der Waals surface area contributed by atoms with Crippen molar-refractivity contribution < 1.29 is 12.8 Å². The Kier molecular flexibility index (Phi) is 4.52. The quantitative estimate of drug-likeness (QED) is 0.848. The highest BCUT2D eigenvalue weighted by Crippen LogP contribution is 2.19. The predicted molar refractivity (Wildman–Crippen MR) is 62.7 cm³/mol. The molecule has 0 fully saturated rings. The molecule has 16 heavy (non-hydrogen) atoms. The zero-order chi connectivity index (χ0) is 12.2. The lowest BCUT2D eigenvalue weighted by Crippen LogP contribution is -2.24. The maximum atomic E-state index is 13.3. The first-order chi connectivity index (χ1) is 7.44. The second kappa shape index (κ2) is 5.47. The third-order valence-electron chi connectivity index (χ3n) is 1.82. The molecule has 0 saturated heterocycles. The number of hydrogen-bond donors (Lipinski definition) is 2. The van der Waals surface area contributed by atoms with E-state index in [0.717, 1.165) is 6.07 Å². The van der Waals surface area contributed by atoms with Gasteiger partial charge in [0.25, 0.3) is 0 Å². The van der Waals surface area contributed by atoms with Gasteiger partial charge in [-0.3, -0.25) is 4.72 Å². The third kappa shape index (κ3) is 3.96. The van der Waals surface area contributed by atoms with Crippen molar-refractivity contribution in [2.75, 3.05) is 24.1 Å². The minimum Gasteiger partial charge on any atom is -0.319 e. The summed E-state index contributed by atoms with van der Waals surface area (Å²) in [5, 5.41) is 2.92. The van der Waals surface area contributed by atoms with Crippen LogP contribution in [0.4, 0.5) is 10.1 Å². The molecule has 1 aromatic rings. The van der Waals surface area contributed by atoms with Crippen LogP contribution in [0, 0.1) is 5.82 Å². The van der Waals surface area contributed by atoms with Crippen LogP contribution >= 0.6 is 11.6 Å². The SMILES string of the molecule is CNCCS(=O)(=O)Nc1ccc(Cl)cc1F. The normalized spacial score (nSPS) is 11.4. The summed E-state index contributed by atoms with van der Waals surface area (Å²) in [6, 6.07) is 3.76. The van der Waals surface area contributed by atoms with Crippen molar-refractivity contribution in [1.29, 1.82) is 0 Å². The molecule has 0 radical (unpaired) electrons. The molecule has 0 amide bonds. The van der Waals surface area contributed by atoms with E-state index in [1.165, 1.54) is 12.1 Å². The molecule has 0 bridgehead atoms. The predicted octanol–water partition coefficient (Wildman–Crippen LogP) is 1.44. The van der Waals surface area contributed by atoms with E-state index in [-0.39, 0.29) is 16.5 Å². The highest BCUT2D eigenvalue weighted by Gasteiger charge is 2.12. The number of halogens is 2. The van der Waals surface area contributed by atoms with Crippen LogP contribution in [-0.2, 0) is 10.0 Å². The Morgan fingerprint density at radius 1 is 1.44 bits per heavy atom. The van der Waals surface area contributed by atoms with E-state index in [4.69, 9.17) is 11.6 Å². The highest BCUT2D eigenvalue weighted by molar-refractivity contribution is 7.92. The average Bonchev–Trinajstić information content (AvgIpc) is 2.19. The van der Waals surface area contributed by atoms with Gasteiger partial charge in [-0.05, 0) is 25.2 Å². The van der Waals surface area contributed by atoms with Gasteiger partial charge in [-0.15, -0.1) is 0 Å². The van der Waals surface area contributed by atoms with E-state index in [9.17, 15) is 12.8 Å². The standard InChI is InChI=1S/C9H12ClFN2O2S/c1-12-4-5-16(14,15)13-9-3-2-7(10)6-8(9)11/h2-3,6,12-13H,4-5H2,1H3. The number of benzene rings is 1. The summed E-state index contributed by atoms with van der Waals surface area (Å²) < 4.78 is 38.3. The van der Waals surface area contributed by atoms with Crippen molar-refractivity contribution in [3.8, 4) is 0 Å². The first-order valence-electron chi connectivity index (χ1n) is 4.55. The number of hydrogen-bond acceptors (Lipinski definition) is 3. The van der Waals surface area contributed by atoms with E-state index < -0.39 is 15.8 Å². The average molecular weight is 267 g/mol. The first-order valence-corrected chi connectivity index (χ1v) is 6.58. The van der Waals surface area contributed by atoms with Crippen LogP contribution in [0.25, 0.3) is 0 Å². The molecular formula is C9H12ClFN2O2S. The molecule has 0 aliphatic rings. The summed E-state index contributed by atoms with van der Waals surface area (Å²) >= 11 is 5.54. The smallest absolute Gasteiger partial charge is 0.234 e. The summed E-state index contributed by atoms with van der Waals surface area (Å²) in [5.74, 6) is -0.813. The molecule has 0 spiro atoms. The van der Waals surface area contributed by atoms with E-state index in [0.29, 0.717) is 6.54 Å². The molecule has 90 valence electrons. The van der Waals surface area contributed by atoms with Crippen molar-refractivity contribution in [3.05, 3.63) is 29.0 Å². The van der Waals surface area contributed by atoms with Crippen LogP contribution in [0.15, 0.2) is 18.2 Å². The lowest BCUT2D eigenvalue weighted by molar-refractivity contribution is 0.596. The molecule has 0 aliphatic heterocycles. The number of anilines is 1. The first kappa shape index (κ1) is 13.2. The number of sulfonamides is 1. The molecule has 0 atom stereocenters. The van der Waals surface area contributed by atoms with Gasteiger partial charge in [0.15, 0.2) is 0 Å². The van der Waals surface area contributed by atoms with Crippen molar-refractivity contribution in [1.82, 2.24) is 5.32 Å². The lowest BCUT2D eigenvalue weighted by atomic mass is 10.3.